The number of halogens is 2. The van der Waals surface area contributed by atoms with E-state index in [1.807, 2.05) is 30.3 Å². The minimum Gasteiger partial charge on any atom is -0.320 e. The summed E-state index contributed by atoms with van der Waals surface area (Å²) in [5.74, 6) is -0.109. The summed E-state index contributed by atoms with van der Waals surface area (Å²) in [5.41, 5.74) is 0.647. The molecule has 0 spiro atoms. The first-order valence-electron chi connectivity index (χ1n) is 5.45. The average Bonchev–Trinajstić information content (AvgIpc) is 2.81. The number of amides is 1. The van der Waals surface area contributed by atoms with E-state index in [0.29, 0.717) is 15.6 Å². The summed E-state index contributed by atoms with van der Waals surface area (Å²) in [4.78, 5) is 13.9. The summed E-state index contributed by atoms with van der Waals surface area (Å²) in [6, 6.07) is 9.38. The van der Waals surface area contributed by atoms with Gasteiger partial charge >= 0.3 is 0 Å². The fourth-order valence-electron chi connectivity index (χ4n) is 1.46. The molecule has 0 unspecified atom stereocenters. The highest BCUT2D eigenvalue weighted by molar-refractivity contribution is 14.1. The molecule has 0 fully saturated rings. The van der Waals surface area contributed by atoms with Gasteiger partial charge in [0.1, 0.15) is 0 Å². The molecule has 0 atom stereocenters. The van der Waals surface area contributed by atoms with Gasteiger partial charge in [-0.1, -0.05) is 18.5 Å². The van der Waals surface area contributed by atoms with Crippen molar-refractivity contribution in [3.05, 3.63) is 48.7 Å². The van der Waals surface area contributed by atoms with Gasteiger partial charge in [-0.05, 0) is 59.3 Å². The third-order valence-electron chi connectivity index (χ3n) is 2.41. The van der Waals surface area contributed by atoms with Crippen LogP contribution < -0.4 is 5.32 Å². The van der Waals surface area contributed by atoms with E-state index < -0.39 is 0 Å². The summed E-state index contributed by atoms with van der Waals surface area (Å²) in [6.07, 6.45) is 0.947. The van der Waals surface area contributed by atoms with Gasteiger partial charge in [0.2, 0.25) is 0 Å². The maximum absolute atomic E-state index is 12.0. The predicted octanol–water partition coefficient (Wildman–Crippen LogP) is 4.82. The molecule has 2 aromatic rings. The van der Waals surface area contributed by atoms with Crippen molar-refractivity contribution in [2.75, 3.05) is 5.32 Å². The van der Waals surface area contributed by atoms with Crippen molar-refractivity contribution < 1.29 is 4.79 Å². The van der Waals surface area contributed by atoms with Crippen LogP contribution in [-0.4, -0.2) is 5.91 Å². The predicted molar refractivity (Wildman–Crippen MR) is 85.8 cm³/mol. The molecule has 2 nitrogen and oxygen atoms in total. The standard InChI is InChI=1S/C13H11ClINOS/c1-2-9-4-6-12(18-9)13(17)16-11-5-3-8(15)7-10(11)14/h3-7H,2H2,1H3,(H,16,17). The summed E-state index contributed by atoms with van der Waals surface area (Å²) in [5, 5.41) is 3.39. The molecule has 1 amide bonds. The number of rotatable bonds is 3. The van der Waals surface area contributed by atoms with Crippen molar-refractivity contribution in [2.45, 2.75) is 13.3 Å². The van der Waals surface area contributed by atoms with Crippen LogP contribution in [0.3, 0.4) is 0 Å². The van der Waals surface area contributed by atoms with Gasteiger partial charge in [0, 0.05) is 8.45 Å². The number of carbonyl (C=O) groups is 1. The van der Waals surface area contributed by atoms with Crippen molar-refractivity contribution in [3.63, 3.8) is 0 Å². The SMILES string of the molecule is CCc1ccc(C(=O)Nc2ccc(I)cc2Cl)s1. The largest absolute Gasteiger partial charge is 0.320 e. The molecule has 0 radical (unpaired) electrons. The van der Waals surface area contributed by atoms with Crippen LogP contribution in [0.5, 0.6) is 0 Å². The smallest absolute Gasteiger partial charge is 0.265 e. The van der Waals surface area contributed by atoms with E-state index in [0.717, 1.165) is 9.99 Å². The minimum atomic E-state index is -0.109. The molecule has 94 valence electrons. The van der Waals surface area contributed by atoms with E-state index in [-0.39, 0.29) is 5.91 Å². The Bertz CT molecular complexity index is 582. The molecule has 5 heteroatoms. The molecule has 1 N–H and O–H groups in total. The van der Waals surface area contributed by atoms with Gasteiger partial charge < -0.3 is 5.32 Å². The van der Waals surface area contributed by atoms with Crippen molar-refractivity contribution in [1.82, 2.24) is 0 Å². The minimum absolute atomic E-state index is 0.109. The molecule has 1 aromatic carbocycles. The first-order chi connectivity index (χ1) is 8.60. The van der Waals surface area contributed by atoms with Gasteiger partial charge in [-0.15, -0.1) is 11.3 Å². The highest BCUT2D eigenvalue weighted by Gasteiger charge is 2.10. The van der Waals surface area contributed by atoms with E-state index >= 15 is 0 Å². The Morgan fingerprint density at radius 2 is 2.17 bits per heavy atom. The second-order valence-corrected chi connectivity index (χ2v) is 6.52. The fraction of sp³-hybridized carbons (Fsp3) is 0.154. The Hall–Kier alpha value is -0.590. The molecule has 0 saturated heterocycles. The first-order valence-corrected chi connectivity index (χ1v) is 7.72. The van der Waals surface area contributed by atoms with Crippen LogP contribution >= 0.6 is 45.5 Å². The van der Waals surface area contributed by atoms with E-state index in [1.54, 1.807) is 0 Å². The van der Waals surface area contributed by atoms with Crippen LogP contribution in [0.25, 0.3) is 0 Å². The number of benzene rings is 1. The second-order valence-electron chi connectivity index (χ2n) is 3.70. The lowest BCUT2D eigenvalue weighted by Crippen LogP contribution is -2.10. The number of hydrogen-bond acceptors (Lipinski definition) is 2. The Morgan fingerprint density at radius 3 is 2.78 bits per heavy atom. The lowest BCUT2D eigenvalue weighted by atomic mass is 10.3. The Labute approximate surface area is 129 Å². The van der Waals surface area contributed by atoms with Crippen LogP contribution in [0.2, 0.25) is 5.02 Å². The fourth-order valence-corrected chi connectivity index (χ4v) is 3.21. The van der Waals surface area contributed by atoms with Crippen LogP contribution in [0.1, 0.15) is 21.5 Å². The molecule has 2 rings (SSSR count). The maximum Gasteiger partial charge on any atom is 0.265 e. The Balaban J connectivity index is 2.16. The zero-order valence-electron chi connectivity index (χ0n) is 9.67. The normalized spacial score (nSPS) is 10.4. The van der Waals surface area contributed by atoms with Crippen LogP contribution in [0.4, 0.5) is 5.69 Å². The van der Waals surface area contributed by atoms with E-state index in [4.69, 9.17) is 11.6 Å². The van der Waals surface area contributed by atoms with Gasteiger partial charge in [-0.25, -0.2) is 0 Å². The third kappa shape index (κ3) is 3.24. The van der Waals surface area contributed by atoms with Gasteiger partial charge in [0.25, 0.3) is 5.91 Å². The van der Waals surface area contributed by atoms with Crippen LogP contribution in [-0.2, 0) is 6.42 Å². The molecule has 0 aliphatic heterocycles. The lowest BCUT2D eigenvalue weighted by Gasteiger charge is -2.06. The number of nitrogens with one attached hydrogen (secondary N) is 1. The molecule has 0 bridgehead atoms. The van der Waals surface area contributed by atoms with Gasteiger partial charge in [-0.2, -0.15) is 0 Å². The average molecular weight is 392 g/mol. The van der Waals surface area contributed by atoms with Gasteiger partial charge in [-0.3, -0.25) is 4.79 Å². The zero-order valence-corrected chi connectivity index (χ0v) is 13.4. The van der Waals surface area contributed by atoms with Crippen LogP contribution in [0, 0.1) is 3.57 Å². The second kappa shape index (κ2) is 6.04. The number of carbonyl (C=O) groups excluding carboxylic acids is 1. The summed E-state index contributed by atoms with van der Waals surface area (Å²) in [7, 11) is 0. The number of aryl methyl sites for hydroxylation is 1. The highest BCUT2D eigenvalue weighted by Crippen LogP contribution is 2.25. The van der Waals surface area contributed by atoms with Crippen LogP contribution in [0.15, 0.2) is 30.3 Å². The molecular formula is C13H11ClINOS. The van der Waals surface area contributed by atoms with E-state index in [9.17, 15) is 4.79 Å². The number of hydrogen-bond donors (Lipinski definition) is 1. The summed E-state index contributed by atoms with van der Waals surface area (Å²) >= 11 is 9.77. The molecule has 0 saturated carbocycles. The van der Waals surface area contributed by atoms with E-state index in [2.05, 4.69) is 34.8 Å². The van der Waals surface area contributed by atoms with Crippen molar-refractivity contribution in [3.8, 4) is 0 Å². The highest BCUT2D eigenvalue weighted by atomic mass is 127. The third-order valence-corrected chi connectivity index (χ3v) is 4.63. The summed E-state index contributed by atoms with van der Waals surface area (Å²) < 4.78 is 1.04. The molecular weight excluding hydrogens is 381 g/mol. The molecule has 1 heterocycles. The molecule has 0 aliphatic rings. The summed E-state index contributed by atoms with van der Waals surface area (Å²) in [6.45, 7) is 2.07. The van der Waals surface area contributed by atoms with Crippen molar-refractivity contribution in [2.24, 2.45) is 0 Å². The van der Waals surface area contributed by atoms with Crippen molar-refractivity contribution in [1.29, 1.82) is 0 Å². The Morgan fingerprint density at radius 1 is 1.39 bits per heavy atom. The molecule has 0 aliphatic carbocycles. The number of anilines is 1. The lowest BCUT2D eigenvalue weighted by molar-refractivity contribution is 0.103. The van der Waals surface area contributed by atoms with Gasteiger partial charge in [0.15, 0.2) is 0 Å². The molecule has 18 heavy (non-hydrogen) atoms. The Kier molecular flexibility index (Phi) is 4.64. The van der Waals surface area contributed by atoms with E-state index in [1.165, 1.54) is 16.2 Å². The molecule has 1 aromatic heterocycles. The monoisotopic (exact) mass is 391 g/mol. The van der Waals surface area contributed by atoms with Crippen molar-refractivity contribution >= 4 is 57.1 Å². The number of thiophene rings is 1. The quantitative estimate of drug-likeness (QED) is 0.747. The van der Waals surface area contributed by atoms with Gasteiger partial charge in [0.05, 0.1) is 15.6 Å². The topological polar surface area (TPSA) is 29.1 Å². The maximum atomic E-state index is 12.0. The first kappa shape index (κ1) is 13.8. The zero-order chi connectivity index (χ0) is 13.1.